The molecular weight excluding hydrogens is 430 g/mol. The van der Waals surface area contributed by atoms with Gasteiger partial charge in [0.2, 0.25) is 0 Å². The van der Waals surface area contributed by atoms with Crippen LogP contribution in [-0.4, -0.2) is 35.2 Å². The number of ether oxygens (including phenoxy) is 1. The second-order valence-corrected chi connectivity index (χ2v) is 10.0. The smallest absolute Gasteiger partial charge is 0.123 e. The Morgan fingerprint density at radius 3 is 2.06 bits per heavy atom. The summed E-state index contributed by atoms with van der Waals surface area (Å²) in [6, 6.07) is 28.7. The average molecular weight is 474 g/mol. The Morgan fingerprint density at radius 1 is 0.771 bits per heavy atom. The Kier molecular flexibility index (Phi) is 10.8. The number of hydrogen-bond donors (Lipinski definition) is 1. The van der Waals surface area contributed by atoms with Gasteiger partial charge in [0.05, 0.1) is 0 Å². The standard InChI is InChI=1S/C32H43NO2/c1-25(2)33(26(3)4)21-12-11-17-30(29-15-9-6-10-16-29)31-23-27(20-22-34)18-19-32(31)35-24-28-13-7-5-8-14-28/h5-10,13-16,18-19,23,25-26,30,34H,11-12,17,20-22,24H2,1-4H3. The maximum absolute atomic E-state index is 9.57. The van der Waals surface area contributed by atoms with E-state index in [1.807, 2.05) is 18.2 Å². The Bertz CT molecular complexity index is 977. The van der Waals surface area contributed by atoms with Crippen molar-refractivity contribution in [2.75, 3.05) is 13.2 Å². The van der Waals surface area contributed by atoms with Crippen LogP contribution >= 0.6 is 0 Å². The lowest BCUT2D eigenvalue weighted by Crippen LogP contribution is -2.37. The van der Waals surface area contributed by atoms with Gasteiger partial charge in [0.1, 0.15) is 12.4 Å². The molecule has 0 radical (unpaired) electrons. The summed E-state index contributed by atoms with van der Waals surface area (Å²) in [4.78, 5) is 2.58. The second kappa shape index (κ2) is 14.1. The molecule has 0 aliphatic rings. The number of unbranched alkanes of at least 4 members (excludes halogenated alkanes) is 1. The number of aliphatic hydroxyl groups is 1. The first kappa shape index (κ1) is 27.0. The molecule has 0 spiro atoms. The predicted octanol–water partition coefficient (Wildman–Crippen LogP) is 7.22. The number of aliphatic hydroxyl groups excluding tert-OH is 1. The van der Waals surface area contributed by atoms with E-state index < -0.39 is 0 Å². The molecule has 0 saturated carbocycles. The summed E-state index contributed by atoms with van der Waals surface area (Å²) in [5.41, 5.74) is 4.86. The highest BCUT2D eigenvalue weighted by atomic mass is 16.5. The van der Waals surface area contributed by atoms with Crippen molar-refractivity contribution in [3.05, 3.63) is 101 Å². The number of nitrogens with zero attached hydrogens (tertiary/aromatic N) is 1. The minimum absolute atomic E-state index is 0.153. The Hall–Kier alpha value is -2.62. The third kappa shape index (κ3) is 8.23. The fourth-order valence-corrected chi connectivity index (χ4v) is 4.96. The summed E-state index contributed by atoms with van der Waals surface area (Å²) in [7, 11) is 0. The highest BCUT2D eigenvalue weighted by Crippen LogP contribution is 2.37. The summed E-state index contributed by atoms with van der Waals surface area (Å²) in [6.45, 7) is 11.0. The first-order valence-corrected chi connectivity index (χ1v) is 13.2. The molecule has 3 aromatic rings. The Labute approximate surface area is 212 Å². The van der Waals surface area contributed by atoms with E-state index in [-0.39, 0.29) is 12.5 Å². The van der Waals surface area contributed by atoms with Gasteiger partial charge in [-0.15, -0.1) is 0 Å². The third-order valence-electron chi connectivity index (χ3n) is 6.77. The molecular formula is C32H43NO2. The average Bonchev–Trinajstić information content (AvgIpc) is 2.86. The molecule has 0 bridgehead atoms. The molecule has 1 unspecified atom stereocenters. The zero-order chi connectivity index (χ0) is 25.0. The van der Waals surface area contributed by atoms with Gasteiger partial charge in [-0.25, -0.2) is 0 Å². The molecule has 0 amide bonds. The van der Waals surface area contributed by atoms with E-state index in [0.29, 0.717) is 25.1 Å². The molecule has 3 nitrogen and oxygen atoms in total. The maximum Gasteiger partial charge on any atom is 0.123 e. The molecule has 3 heteroatoms. The molecule has 1 atom stereocenters. The Balaban J connectivity index is 1.84. The van der Waals surface area contributed by atoms with Crippen molar-refractivity contribution < 1.29 is 9.84 Å². The van der Waals surface area contributed by atoms with E-state index in [1.165, 1.54) is 17.5 Å². The van der Waals surface area contributed by atoms with Crippen molar-refractivity contribution >= 4 is 0 Å². The molecule has 3 rings (SSSR count). The third-order valence-corrected chi connectivity index (χ3v) is 6.77. The summed E-state index contributed by atoms with van der Waals surface area (Å²) >= 11 is 0. The number of rotatable bonds is 14. The van der Waals surface area contributed by atoms with Gasteiger partial charge in [-0.1, -0.05) is 79.2 Å². The number of benzene rings is 3. The number of hydrogen-bond acceptors (Lipinski definition) is 3. The zero-order valence-corrected chi connectivity index (χ0v) is 22.0. The lowest BCUT2D eigenvalue weighted by atomic mass is 9.85. The minimum Gasteiger partial charge on any atom is -0.489 e. The van der Waals surface area contributed by atoms with Crippen LogP contribution in [0, 0.1) is 0 Å². The second-order valence-electron chi connectivity index (χ2n) is 10.0. The summed E-state index contributed by atoms with van der Waals surface area (Å²) in [6.07, 6.45) is 4.05. The quantitative estimate of drug-likeness (QED) is 0.251. The van der Waals surface area contributed by atoms with Crippen LogP contribution in [0.5, 0.6) is 5.75 Å². The Morgan fingerprint density at radius 2 is 1.43 bits per heavy atom. The highest BCUT2D eigenvalue weighted by Gasteiger charge is 2.20. The van der Waals surface area contributed by atoms with E-state index in [1.54, 1.807) is 0 Å². The van der Waals surface area contributed by atoms with Gasteiger partial charge in [-0.3, -0.25) is 4.90 Å². The molecule has 1 N–H and O–H groups in total. The van der Waals surface area contributed by atoms with Gasteiger partial charge < -0.3 is 9.84 Å². The molecule has 0 heterocycles. The minimum atomic E-state index is 0.153. The largest absolute Gasteiger partial charge is 0.489 e. The van der Waals surface area contributed by atoms with Crippen LogP contribution in [0.1, 0.15) is 75.1 Å². The van der Waals surface area contributed by atoms with Gasteiger partial charge in [0, 0.05) is 30.2 Å². The highest BCUT2D eigenvalue weighted by molar-refractivity contribution is 5.45. The SMILES string of the molecule is CC(C)N(CCCCC(c1ccccc1)c1cc(CCO)ccc1OCc1ccccc1)C(C)C. The lowest BCUT2D eigenvalue weighted by Gasteiger charge is -2.30. The van der Waals surface area contributed by atoms with Crippen molar-refractivity contribution in [2.45, 2.75) is 78.0 Å². The molecule has 0 saturated heterocycles. The first-order valence-electron chi connectivity index (χ1n) is 13.2. The van der Waals surface area contributed by atoms with Crippen molar-refractivity contribution in [3.8, 4) is 5.75 Å². The summed E-state index contributed by atoms with van der Waals surface area (Å²) < 4.78 is 6.40. The van der Waals surface area contributed by atoms with Gasteiger partial charge in [-0.2, -0.15) is 0 Å². The predicted molar refractivity (Wildman–Crippen MR) is 147 cm³/mol. The van der Waals surface area contributed by atoms with Crippen LogP contribution in [0.2, 0.25) is 0 Å². The van der Waals surface area contributed by atoms with E-state index in [9.17, 15) is 5.11 Å². The fraction of sp³-hybridized carbons (Fsp3) is 0.438. The maximum atomic E-state index is 9.57. The van der Waals surface area contributed by atoms with Crippen LogP contribution in [-0.2, 0) is 13.0 Å². The zero-order valence-electron chi connectivity index (χ0n) is 22.0. The van der Waals surface area contributed by atoms with Crippen LogP contribution in [0.4, 0.5) is 0 Å². The van der Waals surface area contributed by atoms with Crippen LogP contribution < -0.4 is 4.74 Å². The normalized spacial score (nSPS) is 12.5. The van der Waals surface area contributed by atoms with E-state index in [0.717, 1.165) is 36.3 Å². The molecule has 35 heavy (non-hydrogen) atoms. The lowest BCUT2D eigenvalue weighted by molar-refractivity contribution is 0.171. The summed E-state index contributed by atoms with van der Waals surface area (Å²) in [5, 5.41) is 9.57. The first-order chi connectivity index (χ1) is 17.0. The molecule has 0 aliphatic carbocycles. The van der Waals surface area contributed by atoms with Crippen molar-refractivity contribution in [1.29, 1.82) is 0 Å². The monoisotopic (exact) mass is 473 g/mol. The van der Waals surface area contributed by atoms with E-state index in [2.05, 4.69) is 93.3 Å². The summed E-state index contributed by atoms with van der Waals surface area (Å²) in [5.74, 6) is 1.20. The van der Waals surface area contributed by atoms with E-state index in [4.69, 9.17) is 4.74 Å². The van der Waals surface area contributed by atoms with Gasteiger partial charge >= 0.3 is 0 Å². The van der Waals surface area contributed by atoms with Gasteiger partial charge in [-0.05, 0) is 76.3 Å². The van der Waals surface area contributed by atoms with Crippen molar-refractivity contribution in [1.82, 2.24) is 4.90 Å². The topological polar surface area (TPSA) is 32.7 Å². The molecule has 0 aliphatic heterocycles. The molecule has 188 valence electrons. The molecule has 0 fully saturated rings. The van der Waals surface area contributed by atoms with Gasteiger partial charge in [0.25, 0.3) is 0 Å². The molecule has 0 aromatic heterocycles. The van der Waals surface area contributed by atoms with Crippen LogP contribution in [0.25, 0.3) is 0 Å². The van der Waals surface area contributed by atoms with Crippen LogP contribution in [0.3, 0.4) is 0 Å². The molecule has 3 aromatic carbocycles. The fourth-order valence-electron chi connectivity index (χ4n) is 4.96. The van der Waals surface area contributed by atoms with Gasteiger partial charge in [0.15, 0.2) is 0 Å². The van der Waals surface area contributed by atoms with E-state index >= 15 is 0 Å². The van der Waals surface area contributed by atoms with Crippen LogP contribution in [0.15, 0.2) is 78.9 Å². The van der Waals surface area contributed by atoms with Crippen molar-refractivity contribution in [3.63, 3.8) is 0 Å². The van der Waals surface area contributed by atoms with Crippen molar-refractivity contribution in [2.24, 2.45) is 0 Å².